The van der Waals surface area contributed by atoms with Gasteiger partial charge in [-0.2, -0.15) is 4.99 Å². The normalized spacial score (nSPS) is 29.6. The monoisotopic (exact) mass is 213 g/mol. The van der Waals surface area contributed by atoms with E-state index in [9.17, 15) is 4.79 Å². The van der Waals surface area contributed by atoms with Gasteiger partial charge in [-0.3, -0.25) is 4.79 Å². The van der Waals surface area contributed by atoms with Crippen molar-refractivity contribution in [1.82, 2.24) is 9.80 Å². The Hall–Kier alpha value is -0.550. The molecule has 0 aromatic heterocycles. The van der Waals surface area contributed by atoms with Crippen LogP contribution in [0, 0.1) is 0 Å². The lowest BCUT2D eigenvalue weighted by atomic mass is 10.2. The Labute approximate surface area is 88.3 Å². The van der Waals surface area contributed by atoms with Crippen molar-refractivity contribution < 1.29 is 4.79 Å². The lowest BCUT2D eigenvalue weighted by molar-refractivity contribution is -0.115. The highest BCUT2D eigenvalue weighted by Crippen LogP contribution is 2.19. The van der Waals surface area contributed by atoms with Gasteiger partial charge in [-0.25, -0.2) is 0 Å². The molecule has 2 aliphatic rings. The molecule has 0 spiro atoms. The molecule has 1 unspecified atom stereocenters. The number of hydrogen-bond donors (Lipinski definition) is 0. The smallest absolute Gasteiger partial charge is 0.258 e. The van der Waals surface area contributed by atoms with Crippen molar-refractivity contribution in [2.45, 2.75) is 13.0 Å². The van der Waals surface area contributed by atoms with E-state index in [1.807, 2.05) is 0 Å². The first kappa shape index (κ1) is 9.98. The first-order valence-electron chi connectivity index (χ1n) is 4.86. The number of aliphatic imine (C=N–C) groups is 1. The van der Waals surface area contributed by atoms with Crippen molar-refractivity contribution in [3.8, 4) is 0 Å². The van der Waals surface area contributed by atoms with Gasteiger partial charge in [0.25, 0.3) is 5.91 Å². The zero-order valence-corrected chi connectivity index (χ0v) is 9.38. The molecule has 1 fully saturated rings. The van der Waals surface area contributed by atoms with Gasteiger partial charge in [0.1, 0.15) is 0 Å². The Balaban J connectivity index is 2.00. The molecule has 0 bridgehead atoms. The number of amides is 1. The molecule has 1 amide bonds. The molecule has 2 rings (SSSR count). The average Bonchev–Trinajstić information content (AvgIpc) is 2.57. The lowest BCUT2D eigenvalue weighted by Gasteiger charge is -2.38. The zero-order chi connectivity index (χ0) is 10.1. The summed E-state index contributed by atoms with van der Waals surface area (Å²) in [6.07, 6.45) is 0. The Morgan fingerprint density at radius 3 is 2.86 bits per heavy atom. The van der Waals surface area contributed by atoms with Gasteiger partial charge in [0.15, 0.2) is 5.17 Å². The number of carbonyl (C=O) groups excluding carboxylic acids is 1. The maximum absolute atomic E-state index is 11.0. The molecule has 0 N–H and O–H groups in total. The molecule has 78 valence electrons. The van der Waals surface area contributed by atoms with Gasteiger partial charge < -0.3 is 9.80 Å². The summed E-state index contributed by atoms with van der Waals surface area (Å²) < 4.78 is 0. The minimum atomic E-state index is 0.0107. The number of thioether (sulfide) groups is 1. The summed E-state index contributed by atoms with van der Waals surface area (Å²) >= 11 is 1.57. The van der Waals surface area contributed by atoms with Gasteiger partial charge in [-0.15, -0.1) is 0 Å². The third kappa shape index (κ3) is 1.93. The fourth-order valence-electron chi connectivity index (χ4n) is 1.68. The summed E-state index contributed by atoms with van der Waals surface area (Å²) in [4.78, 5) is 19.6. The molecule has 0 aromatic carbocycles. The van der Waals surface area contributed by atoms with Crippen LogP contribution in [0.15, 0.2) is 4.99 Å². The van der Waals surface area contributed by atoms with E-state index in [4.69, 9.17) is 0 Å². The second-order valence-corrected chi connectivity index (χ2v) is 4.79. The number of rotatable bonds is 0. The van der Waals surface area contributed by atoms with Crippen LogP contribution in [0.4, 0.5) is 0 Å². The number of nitrogens with zero attached hydrogens (tertiary/aromatic N) is 3. The van der Waals surface area contributed by atoms with Gasteiger partial charge >= 0.3 is 0 Å². The van der Waals surface area contributed by atoms with Gasteiger partial charge in [0, 0.05) is 25.7 Å². The standard InChI is InChI=1S/C9H15N3OS/c1-7-5-12(4-3-11(7)2)9-10-8(13)6-14-9/h7H,3-6H2,1-2H3. The Morgan fingerprint density at radius 1 is 1.50 bits per heavy atom. The van der Waals surface area contributed by atoms with E-state index in [1.165, 1.54) is 0 Å². The molecule has 2 heterocycles. The van der Waals surface area contributed by atoms with Crippen LogP contribution < -0.4 is 0 Å². The van der Waals surface area contributed by atoms with Gasteiger partial charge in [0.05, 0.1) is 5.75 Å². The lowest BCUT2D eigenvalue weighted by Crippen LogP contribution is -2.51. The molecule has 14 heavy (non-hydrogen) atoms. The van der Waals surface area contributed by atoms with Crippen LogP contribution in [-0.4, -0.2) is 59.4 Å². The van der Waals surface area contributed by atoms with Crippen molar-refractivity contribution in [3.63, 3.8) is 0 Å². The Kier molecular flexibility index (Phi) is 2.78. The highest BCUT2D eigenvalue weighted by molar-refractivity contribution is 8.14. The molecule has 0 aliphatic carbocycles. The summed E-state index contributed by atoms with van der Waals surface area (Å²) in [6.45, 7) is 5.22. The molecule has 0 saturated carbocycles. The summed E-state index contributed by atoms with van der Waals surface area (Å²) in [6, 6.07) is 0.544. The predicted molar refractivity (Wildman–Crippen MR) is 58.6 cm³/mol. The van der Waals surface area contributed by atoms with Crippen molar-refractivity contribution in [1.29, 1.82) is 0 Å². The van der Waals surface area contributed by atoms with Crippen molar-refractivity contribution in [2.75, 3.05) is 32.4 Å². The van der Waals surface area contributed by atoms with Crippen LogP contribution in [0.25, 0.3) is 0 Å². The fourth-order valence-corrected chi connectivity index (χ4v) is 2.51. The fraction of sp³-hybridized carbons (Fsp3) is 0.778. The molecule has 1 atom stereocenters. The zero-order valence-electron chi connectivity index (χ0n) is 8.56. The van der Waals surface area contributed by atoms with E-state index in [2.05, 4.69) is 28.8 Å². The van der Waals surface area contributed by atoms with E-state index in [-0.39, 0.29) is 5.91 Å². The summed E-state index contributed by atoms with van der Waals surface area (Å²) in [5.41, 5.74) is 0. The molecule has 2 aliphatic heterocycles. The first-order valence-corrected chi connectivity index (χ1v) is 5.85. The maximum Gasteiger partial charge on any atom is 0.258 e. The van der Waals surface area contributed by atoms with Crippen molar-refractivity contribution in [3.05, 3.63) is 0 Å². The summed E-state index contributed by atoms with van der Waals surface area (Å²) in [7, 11) is 2.14. The quantitative estimate of drug-likeness (QED) is 0.578. The van der Waals surface area contributed by atoms with E-state index in [1.54, 1.807) is 11.8 Å². The van der Waals surface area contributed by atoms with E-state index in [0.29, 0.717) is 11.8 Å². The van der Waals surface area contributed by atoms with Crippen LogP contribution in [-0.2, 0) is 4.79 Å². The molecule has 0 aromatic rings. The average molecular weight is 213 g/mol. The highest BCUT2D eigenvalue weighted by Gasteiger charge is 2.26. The summed E-state index contributed by atoms with van der Waals surface area (Å²) in [5.74, 6) is 0.535. The number of likely N-dealkylation sites (N-methyl/N-ethyl adjacent to an activating group) is 1. The minimum Gasteiger partial charge on any atom is -0.348 e. The van der Waals surface area contributed by atoms with Crippen LogP contribution in [0.5, 0.6) is 0 Å². The Bertz CT molecular complexity index is 279. The second-order valence-electron chi connectivity index (χ2n) is 3.85. The van der Waals surface area contributed by atoms with Crippen LogP contribution in [0.3, 0.4) is 0 Å². The molecule has 4 nitrogen and oxygen atoms in total. The number of hydrogen-bond acceptors (Lipinski definition) is 4. The molecule has 5 heteroatoms. The summed E-state index contributed by atoms with van der Waals surface area (Å²) in [5, 5.41) is 0.926. The molecular weight excluding hydrogens is 198 g/mol. The van der Waals surface area contributed by atoms with E-state index < -0.39 is 0 Å². The van der Waals surface area contributed by atoms with Crippen LogP contribution in [0.2, 0.25) is 0 Å². The first-order chi connectivity index (χ1) is 6.66. The predicted octanol–water partition coefficient (Wildman–Crippen LogP) is 0.252. The van der Waals surface area contributed by atoms with Crippen molar-refractivity contribution >= 4 is 22.8 Å². The third-order valence-electron chi connectivity index (χ3n) is 2.78. The second kappa shape index (κ2) is 3.90. The van der Waals surface area contributed by atoms with Gasteiger partial charge in [-0.1, -0.05) is 11.8 Å². The van der Waals surface area contributed by atoms with E-state index >= 15 is 0 Å². The topological polar surface area (TPSA) is 35.9 Å². The van der Waals surface area contributed by atoms with Crippen LogP contribution in [0.1, 0.15) is 6.92 Å². The van der Waals surface area contributed by atoms with Crippen molar-refractivity contribution in [2.24, 2.45) is 4.99 Å². The molecular formula is C9H15N3OS. The maximum atomic E-state index is 11.0. The highest BCUT2D eigenvalue weighted by atomic mass is 32.2. The molecule has 1 saturated heterocycles. The van der Waals surface area contributed by atoms with E-state index in [0.717, 1.165) is 24.8 Å². The third-order valence-corrected chi connectivity index (χ3v) is 3.77. The van der Waals surface area contributed by atoms with Gasteiger partial charge in [-0.05, 0) is 14.0 Å². The molecule has 0 radical (unpaired) electrons. The number of carbonyl (C=O) groups is 1. The SMILES string of the molecule is CC1CN(C2=NC(=O)CS2)CCN1C. The Morgan fingerprint density at radius 2 is 2.29 bits per heavy atom. The van der Waals surface area contributed by atoms with Crippen LogP contribution >= 0.6 is 11.8 Å². The number of amidine groups is 1. The number of piperazine rings is 1. The van der Waals surface area contributed by atoms with Gasteiger partial charge in [0.2, 0.25) is 0 Å². The minimum absolute atomic E-state index is 0.0107. The largest absolute Gasteiger partial charge is 0.348 e.